The highest BCUT2D eigenvalue weighted by atomic mass is 35.5. The summed E-state index contributed by atoms with van der Waals surface area (Å²) in [6.45, 7) is 7.78. The largest absolute Gasteiger partial charge is 0.465 e. The number of ether oxygens (including phenoxy) is 2. The number of rotatable bonds is 2. The van der Waals surface area contributed by atoms with Gasteiger partial charge in [0, 0.05) is 26.2 Å². The lowest BCUT2D eigenvalue weighted by molar-refractivity contribution is 0.0240. The van der Waals surface area contributed by atoms with Crippen molar-refractivity contribution >= 4 is 40.1 Å². The van der Waals surface area contributed by atoms with Crippen molar-refractivity contribution in [2.45, 2.75) is 26.4 Å². The van der Waals surface area contributed by atoms with Crippen LogP contribution in [0.3, 0.4) is 0 Å². The Balaban J connectivity index is 1.97. The number of amides is 1. The van der Waals surface area contributed by atoms with E-state index < -0.39 is 11.6 Å². The number of piperazine rings is 1. The van der Waals surface area contributed by atoms with Crippen LogP contribution in [0, 0.1) is 0 Å². The monoisotopic (exact) mass is 361 g/mol. The van der Waals surface area contributed by atoms with Crippen LogP contribution in [0.2, 0.25) is 5.15 Å². The summed E-state index contributed by atoms with van der Waals surface area (Å²) in [5, 5.41) is 0.797. The highest BCUT2D eigenvalue weighted by molar-refractivity contribution is 7.18. The van der Waals surface area contributed by atoms with E-state index in [-0.39, 0.29) is 11.2 Å². The Hall–Kier alpha value is -1.54. The van der Waals surface area contributed by atoms with E-state index in [1.165, 1.54) is 18.4 Å². The summed E-state index contributed by atoms with van der Waals surface area (Å²) in [4.78, 5) is 31.8. The maximum absolute atomic E-state index is 12.0. The number of hydrogen-bond acceptors (Lipinski definition) is 7. The lowest BCUT2D eigenvalue weighted by Gasteiger charge is -2.35. The van der Waals surface area contributed by atoms with Gasteiger partial charge < -0.3 is 19.3 Å². The third kappa shape index (κ3) is 4.48. The molecule has 0 bridgehead atoms. The maximum atomic E-state index is 12.0. The first-order chi connectivity index (χ1) is 10.7. The van der Waals surface area contributed by atoms with Crippen molar-refractivity contribution in [2.24, 2.45) is 0 Å². The van der Waals surface area contributed by atoms with Crippen molar-refractivity contribution in [3.05, 3.63) is 10.0 Å². The van der Waals surface area contributed by atoms with Crippen molar-refractivity contribution in [1.82, 2.24) is 9.88 Å². The smallest absolute Gasteiger partial charge is 0.410 e. The quantitative estimate of drug-likeness (QED) is 0.754. The Morgan fingerprint density at radius 1 is 1.22 bits per heavy atom. The second kappa shape index (κ2) is 6.92. The van der Waals surface area contributed by atoms with E-state index in [1.54, 1.807) is 4.90 Å². The average molecular weight is 362 g/mol. The molecule has 1 fully saturated rings. The summed E-state index contributed by atoms with van der Waals surface area (Å²) in [5.74, 6) is -0.494. The number of carbonyl (C=O) groups excluding carboxylic acids is 2. The van der Waals surface area contributed by atoms with Crippen molar-refractivity contribution in [1.29, 1.82) is 0 Å². The van der Waals surface area contributed by atoms with Crippen molar-refractivity contribution < 1.29 is 19.1 Å². The van der Waals surface area contributed by atoms with Crippen LogP contribution in [0.15, 0.2) is 0 Å². The van der Waals surface area contributed by atoms with E-state index >= 15 is 0 Å². The molecule has 0 aliphatic carbocycles. The number of carbonyl (C=O) groups is 2. The van der Waals surface area contributed by atoms with E-state index in [9.17, 15) is 9.59 Å². The molecular weight excluding hydrogens is 342 g/mol. The second-order valence-corrected chi connectivity index (χ2v) is 7.40. The number of halogens is 1. The molecule has 0 atom stereocenters. The van der Waals surface area contributed by atoms with Crippen LogP contribution in [0.4, 0.5) is 9.93 Å². The van der Waals surface area contributed by atoms with Gasteiger partial charge in [-0.3, -0.25) is 0 Å². The third-order valence-corrected chi connectivity index (χ3v) is 4.63. The van der Waals surface area contributed by atoms with E-state index in [1.807, 2.05) is 25.7 Å². The number of esters is 1. The van der Waals surface area contributed by atoms with Crippen LogP contribution < -0.4 is 4.90 Å². The molecule has 1 aromatic rings. The van der Waals surface area contributed by atoms with Gasteiger partial charge in [0.15, 0.2) is 15.2 Å². The first-order valence-corrected chi connectivity index (χ1v) is 8.38. The highest BCUT2D eigenvalue weighted by Gasteiger charge is 2.28. The summed E-state index contributed by atoms with van der Waals surface area (Å²) < 4.78 is 10.0. The minimum absolute atomic E-state index is 0.145. The van der Waals surface area contributed by atoms with Gasteiger partial charge in [-0.05, 0) is 20.8 Å². The molecule has 1 amide bonds. The lowest BCUT2D eigenvalue weighted by Crippen LogP contribution is -2.50. The van der Waals surface area contributed by atoms with Gasteiger partial charge in [-0.2, -0.15) is 0 Å². The van der Waals surface area contributed by atoms with Crippen molar-refractivity contribution in [2.75, 3.05) is 38.2 Å². The Morgan fingerprint density at radius 2 is 1.83 bits per heavy atom. The van der Waals surface area contributed by atoms with E-state index in [0.717, 1.165) is 0 Å². The van der Waals surface area contributed by atoms with Crippen LogP contribution in [0.1, 0.15) is 30.4 Å². The molecule has 0 N–H and O–H groups in total. The molecule has 0 spiro atoms. The molecule has 128 valence electrons. The van der Waals surface area contributed by atoms with Crippen LogP contribution in [-0.2, 0) is 9.47 Å². The summed E-state index contributed by atoms with van der Waals surface area (Å²) in [7, 11) is 1.30. The van der Waals surface area contributed by atoms with Gasteiger partial charge >= 0.3 is 12.1 Å². The summed E-state index contributed by atoms with van der Waals surface area (Å²) >= 11 is 7.17. The molecule has 1 aliphatic heterocycles. The topological polar surface area (TPSA) is 72.0 Å². The SMILES string of the molecule is COC(=O)c1sc(N2CCN(C(=O)OC(C)(C)C)CC2)nc1Cl. The molecule has 0 saturated carbocycles. The zero-order valence-electron chi connectivity index (χ0n) is 13.6. The molecule has 1 saturated heterocycles. The predicted molar refractivity (Wildman–Crippen MR) is 88.5 cm³/mol. The zero-order chi connectivity index (χ0) is 17.2. The third-order valence-electron chi connectivity index (χ3n) is 3.15. The number of anilines is 1. The van der Waals surface area contributed by atoms with Gasteiger partial charge in [0.1, 0.15) is 5.60 Å². The summed E-state index contributed by atoms with van der Waals surface area (Å²) in [5.41, 5.74) is -0.507. The zero-order valence-corrected chi connectivity index (χ0v) is 15.2. The molecule has 1 aliphatic rings. The van der Waals surface area contributed by atoms with Gasteiger partial charge in [-0.15, -0.1) is 0 Å². The van der Waals surface area contributed by atoms with Crippen LogP contribution in [0.5, 0.6) is 0 Å². The normalized spacial score (nSPS) is 15.5. The molecule has 7 nitrogen and oxygen atoms in total. The van der Waals surface area contributed by atoms with Crippen molar-refractivity contribution in [3.63, 3.8) is 0 Å². The Kier molecular flexibility index (Phi) is 5.36. The molecular formula is C14H20ClN3O4S. The minimum Gasteiger partial charge on any atom is -0.465 e. The molecule has 9 heteroatoms. The minimum atomic E-state index is -0.507. The Morgan fingerprint density at radius 3 is 2.35 bits per heavy atom. The van der Waals surface area contributed by atoms with Gasteiger partial charge in [0.05, 0.1) is 7.11 Å². The standard InChI is InChI=1S/C14H20ClN3O4S/c1-14(2,3)22-13(20)18-7-5-17(6-8-18)12-16-10(15)9(23-12)11(19)21-4/h5-8H2,1-4H3. The molecule has 2 rings (SSSR count). The van der Waals surface area contributed by atoms with E-state index in [0.29, 0.717) is 36.2 Å². The lowest BCUT2D eigenvalue weighted by atomic mass is 10.2. The predicted octanol–water partition coefficient (Wildman–Crippen LogP) is 2.64. The molecule has 0 radical (unpaired) electrons. The second-order valence-electron chi connectivity index (χ2n) is 6.06. The Labute approximate surface area is 144 Å². The number of methoxy groups -OCH3 is 1. The highest BCUT2D eigenvalue weighted by Crippen LogP contribution is 2.30. The van der Waals surface area contributed by atoms with Gasteiger partial charge in [0.2, 0.25) is 0 Å². The van der Waals surface area contributed by atoms with E-state index in [4.69, 9.17) is 16.3 Å². The van der Waals surface area contributed by atoms with Crippen LogP contribution >= 0.6 is 22.9 Å². The average Bonchev–Trinajstić information content (AvgIpc) is 2.87. The fourth-order valence-corrected chi connectivity index (χ4v) is 3.30. The van der Waals surface area contributed by atoms with Gasteiger partial charge in [-0.25, -0.2) is 14.6 Å². The first kappa shape index (κ1) is 17.8. The van der Waals surface area contributed by atoms with Gasteiger partial charge in [-0.1, -0.05) is 22.9 Å². The first-order valence-electron chi connectivity index (χ1n) is 7.19. The Bertz CT molecular complexity index is 591. The molecule has 2 heterocycles. The summed E-state index contributed by atoms with van der Waals surface area (Å²) in [6.07, 6.45) is -0.315. The van der Waals surface area contributed by atoms with Crippen LogP contribution in [-0.4, -0.2) is 60.8 Å². The maximum Gasteiger partial charge on any atom is 0.410 e. The molecule has 0 aromatic carbocycles. The number of nitrogens with zero attached hydrogens (tertiary/aromatic N) is 3. The van der Waals surface area contributed by atoms with Gasteiger partial charge in [0.25, 0.3) is 0 Å². The molecule has 23 heavy (non-hydrogen) atoms. The molecule has 1 aromatic heterocycles. The number of hydrogen-bond donors (Lipinski definition) is 0. The van der Waals surface area contributed by atoms with Crippen LogP contribution in [0.25, 0.3) is 0 Å². The van der Waals surface area contributed by atoms with E-state index in [2.05, 4.69) is 9.72 Å². The molecule has 0 unspecified atom stereocenters. The fourth-order valence-electron chi connectivity index (χ4n) is 2.05. The summed E-state index contributed by atoms with van der Waals surface area (Å²) in [6, 6.07) is 0. The number of thiazole rings is 1. The fraction of sp³-hybridized carbons (Fsp3) is 0.643. The van der Waals surface area contributed by atoms with Crippen molar-refractivity contribution in [3.8, 4) is 0 Å². The number of aromatic nitrogens is 1.